The van der Waals surface area contributed by atoms with Crippen LogP contribution in [0, 0.1) is 0 Å². The van der Waals surface area contributed by atoms with Crippen molar-refractivity contribution in [3.05, 3.63) is 24.3 Å². The van der Waals surface area contributed by atoms with E-state index in [1.807, 2.05) is 0 Å². The van der Waals surface area contributed by atoms with Crippen LogP contribution in [0.5, 0.6) is 0 Å². The molecule has 0 radical (unpaired) electrons. The van der Waals surface area contributed by atoms with E-state index >= 15 is 0 Å². The summed E-state index contributed by atoms with van der Waals surface area (Å²) >= 11 is 0. The van der Waals surface area contributed by atoms with Gasteiger partial charge >= 0.3 is 5.97 Å². The standard InChI is InChI=1S/C69H133NO5/c1-3-5-7-9-11-13-15-17-19-21-22-23-24-27-30-33-37-41-45-49-53-57-61-67(72)66(65-71)70-68(73)62-58-54-50-46-42-38-34-31-28-25-26-29-32-36-40-44-48-52-56-60-64-75-69(74)63-59-55-51-47-43-39-35-20-18-16-14-12-10-8-6-4-2/h20,25,28,35,66-67,71-72H,3-19,21-24,26-27,29-34,36-65H2,1-2H3,(H,70,73)/b28-25-,35-20-. The zero-order chi connectivity index (χ0) is 54.3. The molecule has 0 aromatic rings. The third kappa shape index (κ3) is 61.4. The minimum Gasteiger partial charge on any atom is -0.466 e. The number of amides is 1. The summed E-state index contributed by atoms with van der Waals surface area (Å²) in [6.07, 6.45) is 80.6. The van der Waals surface area contributed by atoms with E-state index in [-0.39, 0.29) is 18.5 Å². The molecular weight excluding hydrogens is 923 g/mol. The van der Waals surface area contributed by atoms with Crippen LogP contribution in [0.1, 0.15) is 380 Å². The highest BCUT2D eigenvalue weighted by Gasteiger charge is 2.20. The average Bonchev–Trinajstić information content (AvgIpc) is 3.41. The zero-order valence-corrected chi connectivity index (χ0v) is 50.8. The van der Waals surface area contributed by atoms with Crippen molar-refractivity contribution < 1.29 is 24.5 Å². The van der Waals surface area contributed by atoms with Gasteiger partial charge in [0.15, 0.2) is 0 Å². The van der Waals surface area contributed by atoms with Crippen molar-refractivity contribution in [2.45, 2.75) is 392 Å². The first kappa shape index (κ1) is 73.3. The SMILES string of the molecule is CCCCCCCCC/C=C\CCCCCCCC(=O)OCCCCCCCCCCC/C=C\CCCCCCCCCC(=O)NC(CO)C(O)CCCCCCCCCCCCCCCCCCCCCCCC. The lowest BCUT2D eigenvalue weighted by molar-refractivity contribution is -0.143. The number of esters is 1. The highest BCUT2D eigenvalue weighted by molar-refractivity contribution is 5.76. The molecule has 0 rings (SSSR count). The number of rotatable bonds is 64. The fourth-order valence-corrected chi connectivity index (χ4v) is 10.7. The quantitative estimate of drug-likeness (QED) is 0.0320. The average molecular weight is 1060 g/mol. The molecule has 2 atom stereocenters. The molecule has 0 saturated carbocycles. The lowest BCUT2D eigenvalue weighted by Crippen LogP contribution is -2.45. The Morgan fingerprint density at radius 3 is 0.947 bits per heavy atom. The van der Waals surface area contributed by atoms with E-state index < -0.39 is 12.1 Å². The Bertz CT molecular complexity index is 1170. The maximum absolute atomic E-state index is 12.5. The van der Waals surface area contributed by atoms with Crippen LogP contribution in [0.15, 0.2) is 24.3 Å². The Morgan fingerprint density at radius 1 is 0.360 bits per heavy atom. The lowest BCUT2D eigenvalue weighted by atomic mass is 10.0. The van der Waals surface area contributed by atoms with Crippen molar-refractivity contribution in [1.82, 2.24) is 5.32 Å². The largest absolute Gasteiger partial charge is 0.466 e. The first-order valence-electron chi connectivity index (χ1n) is 34.1. The van der Waals surface area contributed by atoms with Gasteiger partial charge in [0.2, 0.25) is 5.91 Å². The van der Waals surface area contributed by atoms with E-state index in [9.17, 15) is 19.8 Å². The van der Waals surface area contributed by atoms with E-state index in [0.717, 1.165) is 44.9 Å². The van der Waals surface area contributed by atoms with Crippen molar-refractivity contribution >= 4 is 11.9 Å². The molecular formula is C69H133NO5. The van der Waals surface area contributed by atoms with Crippen LogP contribution >= 0.6 is 0 Å². The summed E-state index contributed by atoms with van der Waals surface area (Å²) in [6.45, 7) is 4.97. The number of hydrogen-bond acceptors (Lipinski definition) is 5. The van der Waals surface area contributed by atoms with Gasteiger partial charge in [0.1, 0.15) is 0 Å². The second-order valence-electron chi connectivity index (χ2n) is 23.5. The first-order chi connectivity index (χ1) is 37.0. The van der Waals surface area contributed by atoms with Gasteiger partial charge in [-0.1, -0.05) is 314 Å². The van der Waals surface area contributed by atoms with Crippen molar-refractivity contribution in [1.29, 1.82) is 0 Å². The van der Waals surface area contributed by atoms with Gasteiger partial charge in [-0.15, -0.1) is 0 Å². The number of ether oxygens (including phenoxy) is 1. The number of unbranched alkanes of at least 4 members (excludes halogenated alkanes) is 49. The van der Waals surface area contributed by atoms with Gasteiger partial charge in [0, 0.05) is 12.8 Å². The molecule has 3 N–H and O–H groups in total. The molecule has 2 unspecified atom stereocenters. The molecule has 6 heteroatoms. The molecule has 0 aromatic carbocycles. The maximum Gasteiger partial charge on any atom is 0.305 e. The summed E-state index contributed by atoms with van der Waals surface area (Å²) in [5.41, 5.74) is 0. The number of hydrogen-bond donors (Lipinski definition) is 3. The highest BCUT2D eigenvalue weighted by atomic mass is 16.5. The second-order valence-corrected chi connectivity index (χ2v) is 23.5. The number of carbonyl (C=O) groups is 2. The fourth-order valence-electron chi connectivity index (χ4n) is 10.7. The van der Waals surface area contributed by atoms with E-state index in [0.29, 0.717) is 25.9 Å². The topological polar surface area (TPSA) is 95.9 Å². The third-order valence-corrected chi connectivity index (χ3v) is 16.0. The van der Waals surface area contributed by atoms with Crippen LogP contribution in [-0.4, -0.2) is 47.4 Å². The van der Waals surface area contributed by atoms with Gasteiger partial charge in [-0.25, -0.2) is 0 Å². The molecule has 444 valence electrons. The predicted molar refractivity (Wildman–Crippen MR) is 329 cm³/mol. The Labute approximate surface area is 469 Å². The molecule has 0 aliphatic carbocycles. The summed E-state index contributed by atoms with van der Waals surface area (Å²) in [7, 11) is 0. The number of nitrogens with one attached hydrogen (secondary N) is 1. The zero-order valence-electron chi connectivity index (χ0n) is 50.8. The summed E-state index contributed by atoms with van der Waals surface area (Å²) < 4.78 is 5.49. The maximum atomic E-state index is 12.5. The van der Waals surface area contributed by atoms with Crippen molar-refractivity contribution in [2.24, 2.45) is 0 Å². The van der Waals surface area contributed by atoms with Gasteiger partial charge in [-0.05, 0) is 77.0 Å². The summed E-state index contributed by atoms with van der Waals surface area (Å²) in [6, 6.07) is -0.549. The van der Waals surface area contributed by atoms with Crippen LogP contribution in [-0.2, 0) is 14.3 Å². The number of allylic oxidation sites excluding steroid dienone is 4. The van der Waals surface area contributed by atoms with Crippen LogP contribution in [0.4, 0.5) is 0 Å². The first-order valence-corrected chi connectivity index (χ1v) is 34.1. The Hall–Kier alpha value is -1.66. The lowest BCUT2D eigenvalue weighted by Gasteiger charge is -2.22. The summed E-state index contributed by atoms with van der Waals surface area (Å²) in [5.74, 6) is -0.0399. The number of aliphatic hydroxyl groups excluding tert-OH is 2. The normalized spacial score (nSPS) is 12.6. The molecule has 0 bridgehead atoms. The molecule has 0 aromatic heterocycles. The molecule has 0 aliphatic rings. The van der Waals surface area contributed by atoms with Crippen LogP contribution < -0.4 is 5.32 Å². The molecule has 0 heterocycles. The van der Waals surface area contributed by atoms with Gasteiger partial charge in [-0.3, -0.25) is 9.59 Å². The minimum absolute atomic E-state index is 0.000211. The van der Waals surface area contributed by atoms with Crippen molar-refractivity contribution in [3.8, 4) is 0 Å². The van der Waals surface area contributed by atoms with Gasteiger partial charge in [0.25, 0.3) is 0 Å². The molecule has 75 heavy (non-hydrogen) atoms. The second kappa shape index (κ2) is 64.9. The Morgan fingerprint density at radius 2 is 0.627 bits per heavy atom. The number of carbonyl (C=O) groups excluding carboxylic acids is 2. The minimum atomic E-state index is -0.671. The Kier molecular flexibility index (Phi) is 63.4. The van der Waals surface area contributed by atoms with Gasteiger partial charge < -0.3 is 20.3 Å². The fraction of sp³-hybridized carbons (Fsp3) is 0.913. The smallest absolute Gasteiger partial charge is 0.305 e. The van der Waals surface area contributed by atoms with Crippen molar-refractivity contribution in [2.75, 3.05) is 13.2 Å². The van der Waals surface area contributed by atoms with Crippen LogP contribution in [0.3, 0.4) is 0 Å². The molecule has 0 aliphatic heterocycles. The molecule has 0 spiro atoms. The van der Waals surface area contributed by atoms with Gasteiger partial charge in [-0.2, -0.15) is 0 Å². The van der Waals surface area contributed by atoms with E-state index in [4.69, 9.17) is 4.74 Å². The van der Waals surface area contributed by atoms with E-state index in [1.54, 1.807) is 0 Å². The highest BCUT2D eigenvalue weighted by Crippen LogP contribution is 2.18. The monoisotopic (exact) mass is 1060 g/mol. The van der Waals surface area contributed by atoms with E-state index in [1.165, 1.54) is 302 Å². The molecule has 0 saturated heterocycles. The molecule has 0 fully saturated rings. The summed E-state index contributed by atoms with van der Waals surface area (Å²) in [5, 5.41) is 23.4. The molecule has 6 nitrogen and oxygen atoms in total. The number of aliphatic hydroxyl groups is 2. The van der Waals surface area contributed by atoms with Crippen LogP contribution in [0.25, 0.3) is 0 Å². The van der Waals surface area contributed by atoms with Crippen molar-refractivity contribution in [3.63, 3.8) is 0 Å². The van der Waals surface area contributed by atoms with Gasteiger partial charge in [0.05, 0.1) is 25.4 Å². The Balaban J connectivity index is 3.43. The third-order valence-electron chi connectivity index (χ3n) is 16.0. The molecule has 1 amide bonds. The van der Waals surface area contributed by atoms with Crippen LogP contribution in [0.2, 0.25) is 0 Å². The predicted octanol–water partition coefficient (Wildman–Crippen LogP) is 21.8. The van der Waals surface area contributed by atoms with E-state index in [2.05, 4.69) is 43.5 Å². The summed E-state index contributed by atoms with van der Waals surface area (Å²) in [4.78, 5) is 24.6.